The Morgan fingerprint density at radius 1 is 0.944 bits per heavy atom. The van der Waals surface area contributed by atoms with Gasteiger partial charge in [0.1, 0.15) is 0 Å². The first-order chi connectivity index (χ1) is 8.75. The molecule has 0 heterocycles. The fourth-order valence-electron chi connectivity index (χ4n) is 1.54. The van der Waals surface area contributed by atoms with E-state index >= 15 is 0 Å². The Morgan fingerprint density at radius 3 is 2.11 bits per heavy atom. The molecule has 0 amide bonds. The third-order valence-electron chi connectivity index (χ3n) is 2.41. The van der Waals surface area contributed by atoms with Gasteiger partial charge < -0.3 is 0 Å². The van der Waals surface area contributed by atoms with Crippen molar-refractivity contribution in [2.24, 2.45) is 0 Å². The fraction of sp³-hybridized carbons (Fsp3) is 0.0714. The van der Waals surface area contributed by atoms with Crippen molar-refractivity contribution in [1.29, 1.82) is 0 Å². The Balaban J connectivity index is 1.94. The number of rotatable bonds is 4. The Hall–Kier alpha value is -1.49. The van der Waals surface area contributed by atoms with Gasteiger partial charge in [-0.25, -0.2) is 0 Å². The van der Waals surface area contributed by atoms with Gasteiger partial charge in [-0.15, -0.1) is 0 Å². The molecule has 0 radical (unpaired) electrons. The molecule has 0 aliphatic carbocycles. The summed E-state index contributed by atoms with van der Waals surface area (Å²) in [5.41, 5.74) is 1.39. The van der Waals surface area contributed by atoms with Crippen LogP contribution in [-0.2, 0) is 10.6 Å². The molecule has 0 aromatic heterocycles. The van der Waals surface area contributed by atoms with Gasteiger partial charge in [0, 0.05) is 0 Å². The van der Waals surface area contributed by atoms with Gasteiger partial charge in [0.25, 0.3) is 0 Å². The van der Waals surface area contributed by atoms with Crippen LogP contribution >= 0.6 is 0 Å². The van der Waals surface area contributed by atoms with Gasteiger partial charge in [-0.05, 0) is 0 Å². The van der Waals surface area contributed by atoms with Crippen molar-refractivity contribution in [2.75, 3.05) is 0 Å². The quantitative estimate of drug-likeness (QED) is 0.799. The summed E-state index contributed by atoms with van der Waals surface area (Å²) in [4.78, 5) is 11.7. The van der Waals surface area contributed by atoms with E-state index in [0.717, 1.165) is 5.56 Å². The summed E-state index contributed by atoms with van der Waals surface area (Å²) in [6.07, 6.45) is 0. The van der Waals surface area contributed by atoms with Gasteiger partial charge in [-0.1, -0.05) is 0 Å². The molecule has 2 aromatic carbocycles. The Bertz CT molecular complexity index is 537. The minimum atomic E-state index is -3.33. The van der Waals surface area contributed by atoms with E-state index in [1.54, 1.807) is 24.3 Å². The van der Waals surface area contributed by atoms with Gasteiger partial charge >= 0.3 is 113 Å². The second-order valence-corrected chi connectivity index (χ2v) is 7.51. The van der Waals surface area contributed by atoms with Crippen molar-refractivity contribution in [2.45, 2.75) is 4.44 Å². The van der Waals surface area contributed by atoms with E-state index in [2.05, 4.69) is 0 Å². The summed E-state index contributed by atoms with van der Waals surface area (Å²) in [5.74, 6) is -0.490. The summed E-state index contributed by atoms with van der Waals surface area (Å²) >= 11 is -3.33. The predicted octanol–water partition coefficient (Wildman–Crippen LogP) is 2.54. The van der Waals surface area contributed by atoms with Crippen molar-refractivity contribution in [3.63, 3.8) is 0 Å². The fourth-order valence-corrected chi connectivity index (χ4v) is 4.29. The molecule has 0 aliphatic heterocycles. The first-order valence-corrected chi connectivity index (χ1v) is 9.94. The van der Waals surface area contributed by atoms with Crippen LogP contribution in [0.2, 0.25) is 0 Å². The van der Waals surface area contributed by atoms with E-state index in [1.165, 1.54) is 0 Å². The van der Waals surface area contributed by atoms with Crippen LogP contribution in [0.15, 0.2) is 60.7 Å². The molecule has 0 saturated carbocycles. The summed E-state index contributed by atoms with van der Waals surface area (Å²) in [6.45, 7) is 0. The molecule has 0 spiro atoms. The molecule has 0 saturated heterocycles. The first-order valence-electron chi connectivity index (χ1n) is 5.59. The molecule has 0 atom stereocenters. The molecule has 0 N–H and O–H groups in total. The second-order valence-electron chi connectivity index (χ2n) is 3.79. The molecule has 3 nitrogen and oxygen atoms in total. The number of carbonyl (C=O) groups excluding carboxylic acids is 1. The van der Waals surface area contributed by atoms with Crippen LogP contribution in [0.5, 0.6) is 0 Å². The van der Waals surface area contributed by atoms with Crippen molar-refractivity contribution in [3.8, 4) is 0 Å². The van der Waals surface area contributed by atoms with Gasteiger partial charge in [0.2, 0.25) is 0 Å². The molecule has 2 aromatic rings. The molecule has 2 rings (SSSR count). The number of carbonyl (C=O) groups is 1. The molecule has 0 bridgehead atoms. The molecule has 4 heteroatoms. The maximum absolute atomic E-state index is 11.8. The van der Waals surface area contributed by atoms with Crippen LogP contribution in [0, 0.1) is 0 Å². The molecule has 0 unspecified atom stereocenters. The number of benzene rings is 2. The monoisotopic (exact) mass is 348 g/mol. The predicted molar refractivity (Wildman–Crippen MR) is 68.4 cm³/mol. The Labute approximate surface area is 113 Å². The molecule has 90 valence electrons. The van der Waals surface area contributed by atoms with Crippen LogP contribution in [0.1, 0.15) is 15.9 Å². The summed E-state index contributed by atoms with van der Waals surface area (Å²) in [6, 6.07) is 18.1. The van der Waals surface area contributed by atoms with Crippen molar-refractivity contribution >= 4 is 26.1 Å². The van der Waals surface area contributed by atoms with Crippen LogP contribution in [-0.4, -0.2) is 26.1 Å². The normalized spacial score (nSPS) is 9.78. The number of hydrogen-bond acceptors (Lipinski definition) is 3. The second kappa shape index (κ2) is 6.44. The van der Waals surface area contributed by atoms with Crippen LogP contribution < -0.4 is 0 Å². The zero-order valence-corrected chi connectivity index (χ0v) is 12.6. The zero-order valence-electron chi connectivity index (χ0n) is 9.71. The summed E-state index contributed by atoms with van der Waals surface area (Å²) < 4.78 is 17.3. The standard InChI is InChI=1S/C7H6O2.C7H7.O.Sn/c8-7(9)6-4-2-1-3-5-6;1-7-5-3-2-4-6-7;;/h1-5H,(H,8,9);2-6H,1H2;;/q;;;+1/p-1. The van der Waals surface area contributed by atoms with E-state index in [-0.39, 0.29) is 0 Å². The first kappa shape index (κ1) is 13.0. The average molecular weight is 347 g/mol. The van der Waals surface area contributed by atoms with Crippen LogP contribution in [0.3, 0.4) is 0 Å². The van der Waals surface area contributed by atoms with E-state index in [4.69, 9.17) is 3.07 Å². The van der Waals surface area contributed by atoms with Crippen LogP contribution in [0.4, 0.5) is 0 Å². The van der Waals surface area contributed by atoms with E-state index < -0.39 is 26.1 Å². The topological polar surface area (TPSA) is 43.4 Å². The van der Waals surface area contributed by atoms with E-state index in [9.17, 15) is 7.87 Å². The van der Waals surface area contributed by atoms with Crippen molar-refractivity contribution in [3.05, 3.63) is 71.8 Å². The van der Waals surface area contributed by atoms with Gasteiger partial charge in [0.15, 0.2) is 0 Å². The third-order valence-corrected chi connectivity index (χ3v) is 5.58. The minimum absolute atomic E-state index is 0.377. The average Bonchev–Trinajstić information content (AvgIpc) is 2.40. The SMILES string of the molecule is O=C([O][Sn](=[O])[CH2]c1ccccc1)c1ccccc1. The Morgan fingerprint density at radius 2 is 1.50 bits per heavy atom. The van der Waals surface area contributed by atoms with Gasteiger partial charge in [0.05, 0.1) is 0 Å². The Kier molecular flexibility index (Phi) is 4.64. The molecule has 0 fully saturated rings. The molecular formula is C14H12O3Sn. The third kappa shape index (κ3) is 3.77. The van der Waals surface area contributed by atoms with Crippen LogP contribution in [0.25, 0.3) is 0 Å². The van der Waals surface area contributed by atoms with E-state index in [0.29, 0.717) is 10.0 Å². The van der Waals surface area contributed by atoms with Gasteiger partial charge in [-0.3, -0.25) is 0 Å². The van der Waals surface area contributed by atoms with Crippen molar-refractivity contribution in [1.82, 2.24) is 0 Å². The van der Waals surface area contributed by atoms with E-state index in [1.807, 2.05) is 36.4 Å². The van der Waals surface area contributed by atoms with Gasteiger partial charge in [-0.2, -0.15) is 0 Å². The molecular weight excluding hydrogens is 335 g/mol. The summed E-state index contributed by atoms with van der Waals surface area (Å²) in [5, 5.41) is 0. The zero-order chi connectivity index (χ0) is 12.8. The maximum atomic E-state index is 11.8. The number of hydrogen-bond donors (Lipinski definition) is 0. The van der Waals surface area contributed by atoms with Crippen molar-refractivity contribution < 1.29 is 10.9 Å². The summed E-state index contributed by atoms with van der Waals surface area (Å²) in [7, 11) is 0. The molecule has 18 heavy (non-hydrogen) atoms. The molecule has 0 aliphatic rings.